The zero-order valence-corrected chi connectivity index (χ0v) is 35.8. The number of pyridine rings is 1. The van der Waals surface area contributed by atoms with Crippen LogP contribution in [-0.2, 0) is 6.54 Å². The number of aryl methyl sites for hydroxylation is 1. The topological polar surface area (TPSA) is 3.88 Å². The Morgan fingerprint density at radius 3 is 0.824 bits per heavy atom. The highest BCUT2D eigenvalue weighted by Crippen LogP contribution is 2.28. The maximum Gasteiger partial charge on any atom is 0.169 e. The molecule has 1 aromatic rings. The minimum absolute atomic E-state index is 0.770. The molecule has 0 N–H and O–H groups in total. The van der Waals surface area contributed by atoms with Gasteiger partial charge in [-0.2, -0.15) is 0 Å². The van der Waals surface area contributed by atoms with Crippen molar-refractivity contribution < 1.29 is 4.57 Å². The van der Waals surface area contributed by atoms with E-state index < -0.39 is 0 Å². The molecule has 0 spiro atoms. The number of hydrogen-bond donors (Lipinski definition) is 0. The van der Waals surface area contributed by atoms with Crippen LogP contribution in [0.25, 0.3) is 0 Å². The summed E-state index contributed by atoms with van der Waals surface area (Å²) in [6.45, 7) is 8.14. The highest BCUT2D eigenvalue weighted by Gasteiger charge is 2.13. The van der Waals surface area contributed by atoms with Crippen LogP contribution in [0.5, 0.6) is 0 Å². The quantitative estimate of drug-likeness (QED) is 0.0470. The zero-order valence-electron chi connectivity index (χ0n) is 35.8. The first-order valence-electron chi connectivity index (χ1n) is 24.3. The molecule has 0 bridgehead atoms. The van der Waals surface area contributed by atoms with Gasteiger partial charge in [-0.05, 0) is 30.7 Å². The molecule has 0 atom stereocenters. The second-order valence-electron chi connectivity index (χ2n) is 17.0. The molecule has 1 aromatic heterocycles. The lowest BCUT2D eigenvalue weighted by Crippen LogP contribution is -2.32. The van der Waals surface area contributed by atoms with Crippen molar-refractivity contribution in [3.05, 3.63) is 30.1 Å². The number of unbranched alkanes of at least 4 members (excludes halogenated alkanes) is 35. The molecule has 0 aromatic carbocycles. The summed E-state index contributed by atoms with van der Waals surface area (Å²) in [6, 6.07) is 4.99. The SMILES string of the molecule is CCCCCCCCCCCCCCCCC(CCCCCCCCCCCCCCCC)c1cc[n+](CCCCCCCCCCCC)cc1. The van der Waals surface area contributed by atoms with Crippen molar-refractivity contribution in [1.29, 1.82) is 0 Å². The predicted octanol–water partition coefficient (Wildman–Crippen LogP) is 17.7. The molecule has 1 nitrogen and oxygen atoms in total. The molecule has 0 aliphatic heterocycles. The summed E-state index contributed by atoms with van der Waals surface area (Å²) < 4.78 is 2.46. The molecule has 0 aliphatic rings. The Morgan fingerprint density at radius 1 is 0.314 bits per heavy atom. The Balaban J connectivity index is 2.29. The van der Waals surface area contributed by atoms with Crippen LogP contribution in [0, 0.1) is 0 Å². The molecule has 0 aliphatic carbocycles. The van der Waals surface area contributed by atoms with E-state index in [0.717, 1.165) is 5.92 Å². The minimum Gasteiger partial charge on any atom is -0.205 e. The lowest BCUT2D eigenvalue weighted by molar-refractivity contribution is -0.697. The third-order valence-corrected chi connectivity index (χ3v) is 12.0. The van der Waals surface area contributed by atoms with Gasteiger partial charge in [-0.25, -0.2) is 4.57 Å². The van der Waals surface area contributed by atoms with Crippen LogP contribution < -0.4 is 4.57 Å². The fourth-order valence-electron chi connectivity index (χ4n) is 8.32. The van der Waals surface area contributed by atoms with Crippen LogP contribution in [-0.4, -0.2) is 0 Å². The summed E-state index contributed by atoms with van der Waals surface area (Å²) in [7, 11) is 0. The molecule has 1 heteroatoms. The van der Waals surface area contributed by atoms with Crippen LogP contribution in [0.1, 0.15) is 289 Å². The second-order valence-corrected chi connectivity index (χ2v) is 17.0. The van der Waals surface area contributed by atoms with Crippen LogP contribution >= 0.6 is 0 Å². The van der Waals surface area contributed by atoms with Gasteiger partial charge in [0.15, 0.2) is 12.4 Å². The first-order valence-corrected chi connectivity index (χ1v) is 24.3. The summed E-state index contributed by atoms with van der Waals surface area (Å²) in [5.41, 5.74) is 1.62. The van der Waals surface area contributed by atoms with Crippen molar-refractivity contribution in [3.63, 3.8) is 0 Å². The van der Waals surface area contributed by atoms with E-state index in [4.69, 9.17) is 0 Å². The third-order valence-electron chi connectivity index (χ3n) is 12.0. The maximum absolute atomic E-state index is 2.49. The standard InChI is InChI=1S/C50H96N/c1-4-7-10-13-16-19-22-24-26-28-30-33-36-39-42-49(43-40-37-34-31-29-27-25-23-20-17-14-11-8-5-2)50-44-47-51(48-45-50)46-41-38-35-32-21-18-15-12-9-6-3/h44-45,47-49H,4-43,46H2,1-3H3/q+1. The average Bonchev–Trinajstić information content (AvgIpc) is 3.15. The van der Waals surface area contributed by atoms with Crippen LogP contribution in [0.15, 0.2) is 24.5 Å². The molecule has 1 rings (SSSR count). The van der Waals surface area contributed by atoms with Gasteiger partial charge in [0.2, 0.25) is 0 Å². The van der Waals surface area contributed by atoms with Gasteiger partial charge < -0.3 is 0 Å². The van der Waals surface area contributed by atoms with Crippen LogP contribution in [0.3, 0.4) is 0 Å². The van der Waals surface area contributed by atoms with Crippen molar-refractivity contribution >= 4 is 0 Å². The van der Waals surface area contributed by atoms with Gasteiger partial charge >= 0.3 is 0 Å². The van der Waals surface area contributed by atoms with E-state index in [1.165, 1.54) is 263 Å². The molecular formula is C50H96N+. The number of aromatic nitrogens is 1. The van der Waals surface area contributed by atoms with Crippen molar-refractivity contribution in [3.8, 4) is 0 Å². The second kappa shape index (κ2) is 40.3. The third kappa shape index (κ3) is 33.5. The molecule has 0 fully saturated rings. The molecule has 300 valence electrons. The monoisotopic (exact) mass is 711 g/mol. The number of hydrogen-bond acceptors (Lipinski definition) is 0. The Morgan fingerprint density at radius 2 is 0.549 bits per heavy atom. The normalized spacial score (nSPS) is 11.7. The first kappa shape index (κ1) is 48.2. The van der Waals surface area contributed by atoms with E-state index in [0.29, 0.717) is 0 Å². The van der Waals surface area contributed by atoms with E-state index in [1.807, 2.05) is 0 Å². The molecule has 0 amide bonds. The number of nitrogens with zero attached hydrogens (tertiary/aromatic N) is 1. The Bertz CT molecular complexity index is 736. The van der Waals surface area contributed by atoms with Gasteiger partial charge in [0.05, 0.1) is 0 Å². The van der Waals surface area contributed by atoms with Crippen molar-refractivity contribution in [2.75, 3.05) is 0 Å². The van der Waals surface area contributed by atoms with Gasteiger partial charge in [0.25, 0.3) is 0 Å². The van der Waals surface area contributed by atoms with Gasteiger partial charge in [-0.1, -0.05) is 252 Å². The minimum atomic E-state index is 0.770. The average molecular weight is 711 g/mol. The summed E-state index contributed by atoms with van der Waals surface area (Å²) in [4.78, 5) is 0. The van der Waals surface area contributed by atoms with Crippen molar-refractivity contribution in [2.24, 2.45) is 0 Å². The Hall–Kier alpha value is -0.850. The predicted molar refractivity (Wildman–Crippen MR) is 231 cm³/mol. The summed E-state index contributed by atoms with van der Waals surface area (Å²) in [5, 5.41) is 0. The Kier molecular flexibility index (Phi) is 38.1. The maximum atomic E-state index is 2.49. The summed E-state index contributed by atoms with van der Waals surface area (Å²) in [6.07, 6.45) is 62.5. The Labute approximate surface area is 323 Å². The summed E-state index contributed by atoms with van der Waals surface area (Å²) >= 11 is 0. The zero-order chi connectivity index (χ0) is 36.6. The van der Waals surface area contributed by atoms with Gasteiger partial charge in [0, 0.05) is 18.6 Å². The van der Waals surface area contributed by atoms with Crippen molar-refractivity contribution in [1.82, 2.24) is 0 Å². The first-order chi connectivity index (χ1) is 25.3. The largest absolute Gasteiger partial charge is 0.205 e. The highest BCUT2D eigenvalue weighted by molar-refractivity contribution is 5.13. The lowest BCUT2D eigenvalue weighted by Gasteiger charge is -2.17. The molecule has 0 unspecified atom stereocenters. The van der Waals surface area contributed by atoms with Crippen LogP contribution in [0.4, 0.5) is 0 Å². The lowest BCUT2D eigenvalue weighted by atomic mass is 9.88. The van der Waals surface area contributed by atoms with Gasteiger partial charge in [0.1, 0.15) is 6.54 Å². The molecule has 51 heavy (non-hydrogen) atoms. The molecule has 1 heterocycles. The van der Waals surface area contributed by atoms with E-state index >= 15 is 0 Å². The van der Waals surface area contributed by atoms with E-state index in [1.54, 1.807) is 5.56 Å². The molecular weight excluding hydrogens is 615 g/mol. The molecule has 0 saturated heterocycles. The smallest absolute Gasteiger partial charge is 0.169 e. The van der Waals surface area contributed by atoms with Crippen molar-refractivity contribution in [2.45, 2.75) is 290 Å². The van der Waals surface area contributed by atoms with E-state index in [-0.39, 0.29) is 0 Å². The van der Waals surface area contributed by atoms with E-state index in [2.05, 4.69) is 49.9 Å². The van der Waals surface area contributed by atoms with Crippen LogP contribution in [0.2, 0.25) is 0 Å². The molecule has 0 radical (unpaired) electrons. The fourth-order valence-corrected chi connectivity index (χ4v) is 8.32. The molecule has 0 saturated carbocycles. The van der Waals surface area contributed by atoms with E-state index in [9.17, 15) is 0 Å². The van der Waals surface area contributed by atoms with Gasteiger partial charge in [-0.3, -0.25) is 0 Å². The summed E-state index contributed by atoms with van der Waals surface area (Å²) in [5.74, 6) is 0.770. The highest BCUT2D eigenvalue weighted by atomic mass is 14.9. The number of rotatable bonds is 42. The fraction of sp³-hybridized carbons (Fsp3) is 0.900. The van der Waals surface area contributed by atoms with Gasteiger partial charge in [-0.15, -0.1) is 0 Å².